The lowest BCUT2D eigenvalue weighted by molar-refractivity contribution is 0.0943. The van der Waals surface area contributed by atoms with Crippen molar-refractivity contribution in [2.45, 2.75) is 19.8 Å². The summed E-state index contributed by atoms with van der Waals surface area (Å²) in [5.41, 5.74) is 4.15. The molecule has 4 aromatic rings. The number of pyridine rings is 1. The molecule has 10 heteroatoms. The summed E-state index contributed by atoms with van der Waals surface area (Å²) in [4.78, 5) is 13.3. The van der Waals surface area contributed by atoms with Gasteiger partial charge >= 0.3 is 0 Å². The maximum atomic E-state index is 14.4. The Labute approximate surface area is 192 Å². The van der Waals surface area contributed by atoms with E-state index in [2.05, 4.69) is 15.6 Å². The summed E-state index contributed by atoms with van der Waals surface area (Å²) in [5, 5.41) is 9.73. The van der Waals surface area contributed by atoms with Crippen molar-refractivity contribution in [3.63, 3.8) is 0 Å². The lowest BCUT2D eigenvalue weighted by Crippen LogP contribution is -2.47. The van der Waals surface area contributed by atoms with Gasteiger partial charge in [-0.2, -0.15) is 0 Å². The Bertz CT molecular complexity index is 1420. The van der Waals surface area contributed by atoms with Gasteiger partial charge in [0, 0.05) is 17.3 Å². The maximum absolute atomic E-state index is 14.4. The van der Waals surface area contributed by atoms with Crippen LogP contribution < -0.4 is 15.2 Å². The van der Waals surface area contributed by atoms with E-state index in [0.717, 1.165) is 11.8 Å². The number of carbonyl (C=O) groups excluding carboxylic acids is 1. The lowest BCUT2D eigenvalue weighted by Gasteiger charge is -2.31. The fourth-order valence-corrected chi connectivity index (χ4v) is 4.11. The van der Waals surface area contributed by atoms with Crippen molar-refractivity contribution in [2.75, 3.05) is 18.2 Å². The molecular weight excluding hydrogens is 447 g/mol. The largest absolute Gasteiger partial charge is 0.489 e. The zero-order chi connectivity index (χ0) is 24.0. The highest BCUT2D eigenvalue weighted by molar-refractivity contribution is 5.98. The minimum absolute atomic E-state index is 0.180. The molecule has 1 amide bonds. The molecule has 0 aliphatic carbocycles. The topological polar surface area (TPSA) is 71.8 Å². The van der Waals surface area contributed by atoms with Gasteiger partial charge in [0.1, 0.15) is 18.2 Å². The smallest absolute Gasteiger partial charge is 0.270 e. The highest BCUT2D eigenvalue weighted by Crippen LogP contribution is 2.32. The molecular formula is C24H20F3N5O2. The van der Waals surface area contributed by atoms with E-state index in [0.29, 0.717) is 36.1 Å². The van der Waals surface area contributed by atoms with Crippen LogP contribution in [0, 0.1) is 17.5 Å². The summed E-state index contributed by atoms with van der Waals surface area (Å²) < 4.78 is 49.6. The fourth-order valence-electron chi connectivity index (χ4n) is 4.11. The highest BCUT2D eigenvalue weighted by atomic mass is 19.2. The fraction of sp³-hybridized carbons (Fsp3) is 0.208. The average molecular weight is 467 g/mol. The normalized spacial score (nSPS) is 13.2. The SMILES string of the molecule is CC(C)c1c(C(=O)NN2CCOc3ccccc32)ccn2c(-c3c(F)ccc(F)c3F)nnc12. The third-order valence-corrected chi connectivity index (χ3v) is 5.67. The monoisotopic (exact) mass is 467 g/mol. The quantitative estimate of drug-likeness (QED) is 0.448. The molecule has 0 saturated carbocycles. The molecule has 3 heterocycles. The second-order valence-corrected chi connectivity index (χ2v) is 8.14. The summed E-state index contributed by atoms with van der Waals surface area (Å²) in [5.74, 6) is -3.61. The van der Waals surface area contributed by atoms with Crippen LogP contribution in [0.25, 0.3) is 17.0 Å². The van der Waals surface area contributed by atoms with E-state index in [1.807, 2.05) is 38.1 Å². The van der Waals surface area contributed by atoms with Crippen molar-refractivity contribution in [2.24, 2.45) is 0 Å². The van der Waals surface area contributed by atoms with Crippen molar-refractivity contribution in [1.29, 1.82) is 0 Å². The first-order valence-corrected chi connectivity index (χ1v) is 10.7. The van der Waals surface area contributed by atoms with Gasteiger partial charge in [-0.05, 0) is 36.2 Å². The van der Waals surface area contributed by atoms with Gasteiger partial charge in [0.25, 0.3) is 5.91 Å². The molecule has 0 bridgehead atoms. The number of rotatable bonds is 4. The molecule has 2 aromatic heterocycles. The van der Waals surface area contributed by atoms with Gasteiger partial charge in [-0.25, -0.2) is 13.2 Å². The molecule has 0 radical (unpaired) electrons. The number of carbonyl (C=O) groups is 1. The highest BCUT2D eigenvalue weighted by Gasteiger charge is 2.26. The van der Waals surface area contributed by atoms with Crippen molar-refractivity contribution >= 4 is 17.2 Å². The number of anilines is 1. The Morgan fingerprint density at radius 1 is 1.06 bits per heavy atom. The van der Waals surface area contributed by atoms with Crippen molar-refractivity contribution in [1.82, 2.24) is 20.0 Å². The molecule has 0 saturated heterocycles. The zero-order valence-corrected chi connectivity index (χ0v) is 18.3. The van der Waals surface area contributed by atoms with Gasteiger partial charge < -0.3 is 4.74 Å². The third-order valence-electron chi connectivity index (χ3n) is 5.67. The third kappa shape index (κ3) is 3.51. The van der Waals surface area contributed by atoms with Gasteiger partial charge in [-0.15, -0.1) is 10.2 Å². The Hall–Kier alpha value is -4.08. The Kier molecular flexibility index (Phi) is 5.35. The Balaban J connectivity index is 1.57. The number of aromatic nitrogens is 3. The molecule has 0 fully saturated rings. The van der Waals surface area contributed by atoms with Crippen molar-refractivity contribution in [3.05, 3.63) is 77.2 Å². The van der Waals surface area contributed by atoms with Gasteiger partial charge in [0.15, 0.2) is 23.1 Å². The second-order valence-electron chi connectivity index (χ2n) is 8.14. The summed E-state index contributed by atoms with van der Waals surface area (Å²) in [6.07, 6.45) is 1.45. The minimum Gasteiger partial charge on any atom is -0.489 e. The molecule has 174 valence electrons. The number of nitrogens with one attached hydrogen (secondary N) is 1. The van der Waals surface area contributed by atoms with Gasteiger partial charge in [0.05, 0.1) is 17.8 Å². The molecule has 34 heavy (non-hydrogen) atoms. The molecule has 0 unspecified atom stereocenters. The van der Waals surface area contributed by atoms with Crippen LogP contribution in [0.1, 0.15) is 35.7 Å². The zero-order valence-electron chi connectivity index (χ0n) is 18.3. The van der Waals surface area contributed by atoms with Crippen LogP contribution in [0.2, 0.25) is 0 Å². The van der Waals surface area contributed by atoms with E-state index in [9.17, 15) is 18.0 Å². The molecule has 1 N–H and O–H groups in total. The molecule has 1 aliphatic rings. The van der Waals surface area contributed by atoms with E-state index in [-0.39, 0.29) is 23.3 Å². The molecule has 7 nitrogen and oxygen atoms in total. The number of amides is 1. The van der Waals surface area contributed by atoms with Crippen LogP contribution in [0.3, 0.4) is 0 Å². The number of benzene rings is 2. The van der Waals surface area contributed by atoms with Crippen LogP contribution >= 0.6 is 0 Å². The summed E-state index contributed by atoms with van der Waals surface area (Å²) in [6.45, 7) is 4.60. The molecule has 0 spiro atoms. The van der Waals surface area contributed by atoms with Crippen molar-refractivity contribution in [3.8, 4) is 17.1 Å². The Morgan fingerprint density at radius 2 is 1.82 bits per heavy atom. The summed E-state index contributed by atoms with van der Waals surface area (Å²) in [6, 6.07) is 10.4. The first-order chi connectivity index (χ1) is 16.4. The van der Waals surface area contributed by atoms with Crippen LogP contribution in [0.4, 0.5) is 18.9 Å². The van der Waals surface area contributed by atoms with Gasteiger partial charge in [-0.3, -0.25) is 19.6 Å². The Morgan fingerprint density at radius 3 is 2.62 bits per heavy atom. The van der Waals surface area contributed by atoms with E-state index in [1.165, 1.54) is 16.7 Å². The van der Waals surface area contributed by atoms with Crippen LogP contribution in [-0.4, -0.2) is 33.7 Å². The number of hydrogen-bond donors (Lipinski definition) is 1. The number of nitrogens with zero attached hydrogens (tertiary/aromatic N) is 4. The predicted molar refractivity (Wildman–Crippen MR) is 119 cm³/mol. The van der Waals surface area contributed by atoms with Crippen molar-refractivity contribution < 1.29 is 22.7 Å². The van der Waals surface area contributed by atoms with Crippen LogP contribution in [0.15, 0.2) is 48.7 Å². The maximum Gasteiger partial charge on any atom is 0.270 e. The van der Waals surface area contributed by atoms with Crippen LogP contribution in [0.5, 0.6) is 5.75 Å². The molecule has 1 aliphatic heterocycles. The van der Waals surface area contributed by atoms with E-state index >= 15 is 0 Å². The van der Waals surface area contributed by atoms with Crippen LogP contribution in [-0.2, 0) is 0 Å². The van der Waals surface area contributed by atoms with E-state index in [4.69, 9.17) is 4.74 Å². The number of fused-ring (bicyclic) bond motifs is 2. The molecule has 0 atom stereocenters. The number of halogens is 3. The molecule has 2 aromatic carbocycles. The minimum atomic E-state index is -1.35. The first kappa shape index (κ1) is 21.7. The first-order valence-electron chi connectivity index (χ1n) is 10.7. The number of hydrogen-bond acceptors (Lipinski definition) is 5. The number of para-hydroxylation sites is 2. The van der Waals surface area contributed by atoms with Gasteiger partial charge in [0.2, 0.25) is 0 Å². The summed E-state index contributed by atoms with van der Waals surface area (Å²) >= 11 is 0. The lowest BCUT2D eigenvalue weighted by atomic mass is 9.98. The second kappa shape index (κ2) is 8.36. The standard InChI is InChI=1S/C24H20F3N5O2/c1-13(2)19-14(24(33)30-32-11-12-34-18-6-4-3-5-17(18)32)9-10-31-22(19)28-29-23(31)20-15(25)7-8-16(26)21(20)27/h3-10,13H,11-12H2,1-2H3,(H,30,33). The predicted octanol–water partition coefficient (Wildman–Crippen LogP) is 4.48. The molecule has 5 rings (SSSR count). The van der Waals surface area contributed by atoms with Gasteiger partial charge in [-0.1, -0.05) is 26.0 Å². The summed E-state index contributed by atoms with van der Waals surface area (Å²) in [7, 11) is 0. The average Bonchev–Trinajstić information content (AvgIpc) is 3.25. The number of ether oxygens (including phenoxy) is 1. The van der Waals surface area contributed by atoms with E-state index in [1.54, 1.807) is 5.01 Å². The van der Waals surface area contributed by atoms with E-state index < -0.39 is 23.0 Å². The number of hydrazine groups is 1.